The van der Waals surface area contributed by atoms with Crippen molar-refractivity contribution in [3.8, 4) is 0 Å². The lowest BCUT2D eigenvalue weighted by Crippen LogP contribution is -2.31. The van der Waals surface area contributed by atoms with Gasteiger partial charge in [-0.05, 0) is 61.8 Å². The van der Waals surface area contributed by atoms with E-state index in [4.69, 9.17) is 5.73 Å². The molecule has 1 aromatic rings. The first-order valence-electron chi connectivity index (χ1n) is 7.98. The number of nitrogens with zero attached hydrogens (tertiary/aromatic N) is 1. The van der Waals surface area contributed by atoms with Gasteiger partial charge in [0.05, 0.1) is 0 Å². The van der Waals surface area contributed by atoms with E-state index in [1.165, 1.54) is 43.4 Å². The Morgan fingerprint density at radius 3 is 2.60 bits per heavy atom. The van der Waals surface area contributed by atoms with Gasteiger partial charge in [0.25, 0.3) is 0 Å². The van der Waals surface area contributed by atoms with Crippen LogP contribution in [0.4, 0.5) is 0 Å². The number of nitrogens with two attached hydrogens (primary N) is 1. The number of rotatable bonds is 2. The Bertz CT molecular complexity index is 469. The molecule has 1 fully saturated rings. The van der Waals surface area contributed by atoms with Gasteiger partial charge in [-0.1, -0.05) is 13.8 Å². The average Bonchev–Trinajstić information content (AvgIpc) is 2.81. The lowest BCUT2D eigenvalue weighted by atomic mass is 9.74. The Morgan fingerprint density at radius 2 is 1.95 bits per heavy atom. The van der Waals surface area contributed by atoms with Crippen molar-refractivity contribution in [1.29, 1.82) is 0 Å². The van der Waals surface area contributed by atoms with E-state index in [2.05, 4.69) is 36.9 Å². The molecule has 0 aromatic carbocycles. The quantitative estimate of drug-likeness (QED) is 0.880. The number of aromatic nitrogens is 1. The van der Waals surface area contributed by atoms with Gasteiger partial charge in [-0.25, -0.2) is 0 Å². The molecule has 20 heavy (non-hydrogen) atoms. The Hall–Kier alpha value is -0.410. The molecule has 112 valence electrons. The van der Waals surface area contributed by atoms with E-state index in [0.29, 0.717) is 11.5 Å². The predicted molar refractivity (Wildman–Crippen MR) is 88.3 cm³/mol. The summed E-state index contributed by atoms with van der Waals surface area (Å²) in [5, 5.41) is 0.885. The minimum Gasteiger partial charge on any atom is -0.348 e. The van der Waals surface area contributed by atoms with E-state index in [0.717, 1.165) is 11.7 Å². The van der Waals surface area contributed by atoms with Gasteiger partial charge in [0, 0.05) is 29.2 Å². The molecule has 1 aromatic heterocycles. The highest BCUT2D eigenvalue weighted by Crippen LogP contribution is 2.43. The molecule has 0 spiro atoms. The summed E-state index contributed by atoms with van der Waals surface area (Å²) in [6, 6.07) is 3.23. The third kappa shape index (κ3) is 2.67. The molecule has 0 saturated heterocycles. The molecule has 0 aliphatic heterocycles. The van der Waals surface area contributed by atoms with Gasteiger partial charge in [-0.15, -0.1) is 0 Å². The minimum atomic E-state index is 0.234. The molecule has 1 heterocycles. The number of fused-ring (bicyclic) bond motifs is 1. The topological polar surface area (TPSA) is 30.9 Å². The fourth-order valence-electron chi connectivity index (χ4n) is 4.16. The standard InChI is InChI=1S/C17H28N2S/c1-17(2)10-15(18)14-8-9-19(16(14)11-17)12-4-6-13(20-3)7-5-12/h8-9,12-13,15H,4-7,10-11,18H2,1-3H3. The summed E-state index contributed by atoms with van der Waals surface area (Å²) in [6.07, 6.45) is 12.3. The van der Waals surface area contributed by atoms with Gasteiger partial charge < -0.3 is 10.3 Å². The molecule has 2 N–H and O–H groups in total. The van der Waals surface area contributed by atoms with Gasteiger partial charge in [-0.2, -0.15) is 11.8 Å². The number of thioether (sulfide) groups is 1. The van der Waals surface area contributed by atoms with Crippen molar-refractivity contribution in [2.45, 2.75) is 69.7 Å². The van der Waals surface area contributed by atoms with Crippen molar-refractivity contribution in [3.63, 3.8) is 0 Å². The largest absolute Gasteiger partial charge is 0.348 e. The molecule has 0 radical (unpaired) electrons. The zero-order chi connectivity index (χ0) is 14.3. The third-order valence-corrected chi connectivity index (χ3v) is 6.39. The Morgan fingerprint density at radius 1 is 1.25 bits per heavy atom. The Balaban J connectivity index is 1.83. The average molecular weight is 292 g/mol. The molecule has 2 nitrogen and oxygen atoms in total. The molecule has 1 unspecified atom stereocenters. The summed E-state index contributed by atoms with van der Waals surface area (Å²) in [5.41, 5.74) is 9.68. The van der Waals surface area contributed by atoms with Crippen LogP contribution in [0.25, 0.3) is 0 Å². The van der Waals surface area contributed by atoms with Crippen LogP contribution in [0.1, 0.15) is 69.3 Å². The normalized spacial score (nSPS) is 32.9. The molecule has 0 bridgehead atoms. The molecule has 2 aliphatic rings. The maximum Gasteiger partial charge on any atom is 0.0334 e. The first-order valence-corrected chi connectivity index (χ1v) is 9.27. The van der Waals surface area contributed by atoms with Crippen LogP contribution < -0.4 is 5.73 Å². The van der Waals surface area contributed by atoms with E-state index in [9.17, 15) is 0 Å². The Labute approximate surface area is 127 Å². The SMILES string of the molecule is CSC1CCC(n2ccc3c2CC(C)(C)CC3N)CC1. The second-order valence-corrected chi connectivity index (χ2v) is 8.58. The number of hydrogen-bond acceptors (Lipinski definition) is 2. The van der Waals surface area contributed by atoms with Crippen LogP contribution in [0.2, 0.25) is 0 Å². The summed E-state index contributed by atoms with van der Waals surface area (Å²) >= 11 is 2.04. The maximum atomic E-state index is 6.39. The fraction of sp³-hybridized carbons (Fsp3) is 0.765. The van der Waals surface area contributed by atoms with Crippen LogP contribution in [-0.2, 0) is 6.42 Å². The van der Waals surface area contributed by atoms with Crippen LogP contribution in [-0.4, -0.2) is 16.1 Å². The lowest BCUT2D eigenvalue weighted by molar-refractivity contribution is 0.264. The molecular weight excluding hydrogens is 264 g/mol. The van der Waals surface area contributed by atoms with E-state index < -0.39 is 0 Å². The second-order valence-electron chi connectivity index (χ2n) is 7.44. The minimum absolute atomic E-state index is 0.234. The van der Waals surface area contributed by atoms with Crippen molar-refractivity contribution in [1.82, 2.24) is 4.57 Å². The highest BCUT2D eigenvalue weighted by Gasteiger charge is 2.34. The van der Waals surface area contributed by atoms with Gasteiger partial charge in [0.15, 0.2) is 0 Å². The van der Waals surface area contributed by atoms with E-state index in [1.807, 2.05) is 11.8 Å². The molecule has 0 amide bonds. The fourth-order valence-corrected chi connectivity index (χ4v) is 4.90. The molecule has 1 atom stereocenters. The molecule has 3 heteroatoms. The van der Waals surface area contributed by atoms with Crippen molar-refractivity contribution in [3.05, 3.63) is 23.5 Å². The Kier molecular flexibility index (Phi) is 3.93. The summed E-state index contributed by atoms with van der Waals surface area (Å²) in [6.45, 7) is 4.72. The zero-order valence-corrected chi connectivity index (χ0v) is 13.9. The van der Waals surface area contributed by atoms with Gasteiger partial charge >= 0.3 is 0 Å². The first-order chi connectivity index (χ1) is 9.50. The zero-order valence-electron chi connectivity index (χ0n) is 13.1. The molecular formula is C17H28N2S. The summed E-state index contributed by atoms with van der Waals surface area (Å²) < 4.78 is 2.58. The van der Waals surface area contributed by atoms with Crippen LogP contribution in [0.15, 0.2) is 12.3 Å². The van der Waals surface area contributed by atoms with E-state index >= 15 is 0 Å². The predicted octanol–water partition coefficient (Wildman–Crippen LogP) is 4.31. The summed E-state index contributed by atoms with van der Waals surface area (Å²) in [4.78, 5) is 0. The van der Waals surface area contributed by atoms with Crippen LogP contribution >= 0.6 is 11.8 Å². The van der Waals surface area contributed by atoms with E-state index in [-0.39, 0.29) is 6.04 Å². The van der Waals surface area contributed by atoms with Crippen molar-refractivity contribution in [2.75, 3.05) is 6.26 Å². The van der Waals surface area contributed by atoms with Crippen molar-refractivity contribution >= 4 is 11.8 Å². The van der Waals surface area contributed by atoms with Gasteiger partial charge in [0.1, 0.15) is 0 Å². The van der Waals surface area contributed by atoms with Crippen LogP contribution in [0.3, 0.4) is 0 Å². The van der Waals surface area contributed by atoms with Crippen molar-refractivity contribution < 1.29 is 0 Å². The lowest BCUT2D eigenvalue weighted by Gasteiger charge is -2.37. The monoisotopic (exact) mass is 292 g/mol. The molecule has 3 rings (SSSR count). The molecule has 1 saturated carbocycles. The highest BCUT2D eigenvalue weighted by molar-refractivity contribution is 7.99. The number of hydrogen-bond donors (Lipinski definition) is 1. The van der Waals surface area contributed by atoms with E-state index in [1.54, 1.807) is 0 Å². The van der Waals surface area contributed by atoms with Crippen LogP contribution in [0.5, 0.6) is 0 Å². The van der Waals surface area contributed by atoms with Crippen molar-refractivity contribution in [2.24, 2.45) is 11.1 Å². The summed E-state index contributed by atoms with van der Waals surface area (Å²) in [7, 11) is 0. The first kappa shape index (κ1) is 14.5. The molecule has 2 aliphatic carbocycles. The third-order valence-electron chi connectivity index (χ3n) is 5.25. The maximum absolute atomic E-state index is 6.39. The van der Waals surface area contributed by atoms with Gasteiger partial charge in [0.2, 0.25) is 0 Å². The second kappa shape index (κ2) is 5.42. The smallest absolute Gasteiger partial charge is 0.0334 e. The summed E-state index contributed by atoms with van der Waals surface area (Å²) in [5.74, 6) is 0. The van der Waals surface area contributed by atoms with Crippen LogP contribution in [0, 0.1) is 5.41 Å². The highest BCUT2D eigenvalue weighted by atomic mass is 32.2. The van der Waals surface area contributed by atoms with Gasteiger partial charge in [-0.3, -0.25) is 0 Å².